The quantitative estimate of drug-likeness (QED) is 0.941. The number of benzene rings is 2. The fourth-order valence-electron chi connectivity index (χ4n) is 2.89. The van der Waals surface area contributed by atoms with Crippen molar-refractivity contribution < 1.29 is 9.59 Å². The molecule has 0 spiro atoms. The molecular weight excluding hydrogens is 302 g/mol. The number of nitrogens with one attached hydrogen (secondary N) is 1. The second-order valence-corrected chi connectivity index (χ2v) is 5.97. The number of rotatable bonds is 4. The number of nitrogens with zero attached hydrogens (tertiary/aromatic N) is 2. The van der Waals surface area contributed by atoms with Crippen LogP contribution in [0.15, 0.2) is 48.5 Å². The maximum Gasteiger partial charge on any atom is 0.243 e. The highest BCUT2D eigenvalue weighted by atomic mass is 16.2. The fourth-order valence-corrected chi connectivity index (χ4v) is 2.89. The van der Waals surface area contributed by atoms with Crippen molar-refractivity contribution in [1.29, 1.82) is 0 Å². The van der Waals surface area contributed by atoms with Crippen molar-refractivity contribution >= 4 is 28.9 Å². The van der Waals surface area contributed by atoms with Gasteiger partial charge in [-0.25, -0.2) is 0 Å². The monoisotopic (exact) mass is 323 g/mol. The van der Waals surface area contributed by atoms with Crippen molar-refractivity contribution in [3.8, 4) is 0 Å². The van der Waals surface area contributed by atoms with Crippen LogP contribution in [0.5, 0.6) is 0 Å². The molecule has 0 aliphatic carbocycles. The summed E-state index contributed by atoms with van der Waals surface area (Å²) in [7, 11) is 1.72. The highest BCUT2D eigenvalue weighted by Gasteiger charge is 2.20. The van der Waals surface area contributed by atoms with Gasteiger partial charge in [-0.05, 0) is 42.3 Å². The van der Waals surface area contributed by atoms with Crippen molar-refractivity contribution in [3.05, 3.63) is 54.1 Å². The zero-order valence-corrected chi connectivity index (χ0v) is 14.0. The molecule has 0 saturated carbocycles. The third-order valence-electron chi connectivity index (χ3n) is 4.33. The summed E-state index contributed by atoms with van der Waals surface area (Å²) < 4.78 is 0. The van der Waals surface area contributed by atoms with Gasteiger partial charge < -0.3 is 15.1 Å². The van der Waals surface area contributed by atoms with E-state index in [-0.39, 0.29) is 11.8 Å². The van der Waals surface area contributed by atoms with Gasteiger partial charge >= 0.3 is 0 Å². The molecule has 0 radical (unpaired) electrons. The number of para-hydroxylation sites is 1. The molecule has 2 amide bonds. The van der Waals surface area contributed by atoms with E-state index in [1.807, 2.05) is 36.4 Å². The van der Waals surface area contributed by atoms with E-state index in [0.29, 0.717) is 6.54 Å². The van der Waals surface area contributed by atoms with Crippen molar-refractivity contribution in [1.82, 2.24) is 0 Å². The van der Waals surface area contributed by atoms with Crippen LogP contribution in [-0.4, -0.2) is 32.0 Å². The summed E-state index contributed by atoms with van der Waals surface area (Å²) in [4.78, 5) is 27.3. The van der Waals surface area contributed by atoms with Crippen LogP contribution in [0.4, 0.5) is 17.1 Å². The van der Waals surface area contributed by atoms with Crippen molar-refractivity contribution in [2.45, 2.75) is 13.3 Å². The molecule has 0 bridgehead atoms. The van der Waals surface area contributed by atoms with Gasteiger partial charge in [-0.15, -0.1) is 0 Å². The largest absolute Gasteiger partial charge is 0.362 e. The van der Waals surface area contributed by atoms with Crippen molar-refractivity contribution in [2.24, 2.45) is 0 Å². The predicted octanol–water partition coefficient (Wildman–Crippen LogP) is 2.67. The summed E-state index contributed by atoms with van der Waals surface area (Å²) in [6, 6.07) is 15.5. The zero-order valence-electron chi connectivity index (χ0n) is 14.0. The Kier molecular flexibility index (Phi) is 4.51. The lowest BCUT2D eigenvalue weighted by Gasteiger charge is -2.19. The molecular formula is C19H21N3O2. The molecule has 24 heavy (non-hydrogen) atoms. The van der Waals surface area contributed by atoms with Crippen LogP contribution in [-0.2, 0) is 16.0 Å². The predicted molar refractivity (Wildman–Crippen MR) is 96.5 cm³/mol. The third kappa shape index (κ3) is 3.40. The number of hydrogen-bond acceptors (Lipinski definition) is 3. The van der Waals surface area contributed by atoms with Crippen LogP contribution < -0.4 is 15.1 Å². The third-order valence-corrected chi connectivity index (χ3v) is 4.33. The van der Waals surface area contributed by atoms with E-state index in [1.165, 1.54) is 12.5 Å². The van der Waals surface area contributed by atoms with Gasteiger partial charge in [-0.1, -0.05) is 18.2 Å². The van der Waals surface area contributed by atoms with E-state index >= 15 is 0 Å². The molecule has 1 aliphatic heterocycles. The van der Waals surface area contributed by atoms with Gasteiger partial charge in [0.1, 0.15) is 0 Å². The molecule has 0 atom stereocenters. The van der Waals surface area contributed by atoms with Gasteiger partial charge in [0.15, 0.2) is 0 Å². The molecule has 5 heteroatoms. The minimum atomic E-state index is -0.0422. The Hall–Kier alpha value is -2.82. The fraction of sp³-hybridized carbons (Fsp3) is 0.263. The second-order valence-electron chi connectivity index (χ2n) is 5.97. The van der Waals surface area contributed by atoms with Gasteiger partial charge in [-0.2, -0.15) is 0 Å². The molecule has 124 valence electrons. The number of amides is 2. The summed E-state index contributed by atoms with van der Waals surface area (Å²) >= 11 is 0. The first-order valence-corrected chi connectivity index (χ1v) is 8.01. The normalized spacial score (nSPS) is 12.7. The lowest BCUT2D eigenvalue weighted by molar-refractivity contribution is -0.116. The standard InChI is InChI=1S/C19H21N3O2/c1-14(23)21(2)17-9-7-16(8-10-17)20-19(24)13-22-12-11-15-5-3-4-6-18(15)22/h3-10H,11-13H2,1-2H3,(H,20,24). The van der Waals surface area contributed by atoms with Gasteiger partial charge in [0.25, 0.3) is 0 Å². The number of carbonyl (C=O) groups is 2. The molecule has 1 heterocycles. The molecule has 0 fully saturated rings. The molecule has 3 rings (SSSR count). The molecule has 5 nitrogen and oxygen atoms in total. The smallest absolute Gasteiger partial charge is 0.243 e. The summed E-state index contributed by atoms with van der Waals surface area (Å²) in [5, 5.41) is 2.91. The summed E-state index contributed by atoms with van der Waals surface area (Å²) in [6.45, 7) is 2.73. The molecule has 0 aromatic heterocycles. The average molecular weight is 323 g/mol. The van der Waals surface area contributed by atoms with Gasteiger partial charge in [0.2, 0.25) is 11.8 Å². The highest BCUT2D eigenvalue weighted by Crippen LogP contribution is 2.27. The van der Waals surface area contributed by atoms with Crippen LogP contribution in [0.25, 0.3) is 0 Å². The van der Waals surface area contributed by atoms with E-state index < -0.39 is 0 Å². The number of anilines is 3. The first-order valence-electron chi connectivity index (χ1n) is 8.01. The van der Waals surface area contributed by atoms with Crippen LogP contribution in [0.3, 0.4) is 0 Å². The van der Waals surface area contributed by atoms with Crippen molar-refractivity contribution in [2.75, 3.05) is 35.3 Å². The van der Waals surface area contributed by atoms with E-state index in [9.17, 15) is 9.59 Å². The number of hydrogen-bond donors (Lipinski definition) is 1. The molecule has 0 unspecified atom stereocenters. The molecule has 2 aromatic carbocycles. The van der Waals surface area contributed by atoms with E-state index in [1.54, 1.807) is 11.9 Å². The van der Waals surface area contributed by atoms with Gasteiger partial charge in [0, 0.05) is 37.6 Å². The molecule has 0 saturated heterocycles. The summed E-state index contributed by atoms with van der Waals surface area (Å²) in [5.74, 6) is -0.0705. The Morgan fingerprint density at radius 1 is 1.12 bits per heavy atom. The van der Waals surface area contributed by atoms with Crippen LogP contribution in [0, 0.1) is 0 Å². The highest BCUT2D eigenvalue weighted by molar-refractivity contribution is 5.95. The summed E-state index contributed by atoms with van der Waals surface area (Å²) in [5.41, 5.74) is 3.97. The average Bonchev–Trinajstić information content (AvgIpc) is 2.98. The van der Waals surface area contributed by atoms with Crippen LogP contribution in [0.1, 0.15) is 12.5 Å². The lowest BCUT2D eigenvalue weighted by atomic mass is 10.2. The Bertz CT molecular complexity index is 755. The Morgan fingerprint density at radius 3 is 2.54 bits per heavy atom. The Balaban J connectivity index is 1.61. The maximum absolute atomic E-state index is 12.3. The van der Waals surface area contributed by atoms with E-state index in [2.05, 4.69) is 22.3 Å². The minimum Gasteiger partial charge on any atom is -0.362 e. The maximum atomic E-state index is 12.3. The Morgan fingerprint density at radius 2 is 1.83 bits per heavy atom. The molecule has 2 aromatic rings. The number of carbonyl (C=O) groups excluding carboxylic acids is 2. The van der Waals surface area contributed by atoms with E-state index in [4.69, 9.17) is 0 Å². The topological polar surface area (TPSA) is 52.7 Å². The van der Waals surface area contributed by atoms with Gasteiger partial charge in [0.05, 0.1) is 6.54 Å². The van der Waals surface area contributed by atoms with Crippen molar-refractivity contribution in [3.63, 3.8) is 0 Å². The first-order chi connectivity index (χ1) is 11.5. The second kappa shape index (κ2) is 6.74. The van der Waals surface area contributed by atoms with Crippen LogP contribution in [0.2, 0.25) is 0 Å². The molecule has 1 aliphatic rings. The SMILES string of the molecule is CC(=O)N(C)c1ccc(NC(=O)CN2CCc3ccccc32)cc1. The minimum absolute atomic E-state index is 0.0283. The molecule has 1 N–H and O–H groups in total. The van der Waals surface area contributed by atoms with Crippen LogP contribution >= 0.6 is 0 Å². The van der Waals surface area contributed by atoms with E-state index in [0.717, 1.165) is 30.0 Å². The number of fused-ring (bicyclic) bond motifs is 1. The Labute approximate surface area is 141 Å². The van der Waals surface area contributed by atoms with Gasteiger partial charge in [-0.3, -0.25) is 9.59 Å². The zero-order chi connectivity index (χ0) is 17.1. The summed E-state index contributed by atoms with van der Waals surface area (Å²) in [6.07, 6.45) is 0.982. The lowest BCUT2D eigenvalue weighted by Crippen LogP contribution is -2.31. The first kappa shape index (κ1) is 16.1.